The standard InChI is InChI=1S/C14H25N3/c1-3-7-15-11-12-5-6-13(12)14-16-8-10-17(14)9-4-2/h8,10,12-13,15H,3-7,9,11H2,1-2H3. The van der Waals surface area contributed by atoms with Gasteiger partial charge in [-0.2, -0.15) is 0 Å². The molecule has 2 rings (SSSR count). The van der Waals surface area contributed by atoms with Gasteiger partial charge in [0.2, 0.25) is 0 Å². The molecular formula is C14H25N3. The van der Waals surface area contributed by atoms with Crippen molar-refractivity contribution in [3.8, 4) is 0 Å². The maximum absolute atomic E-state index is 4.57. The van der Waals surface area contributed by atoms with E-state index in [0.717, 1.165) is 25.6 Å². The third-order valence-electron chi connectivity index (χ3n) is 3.79. The minimum absolute atomic E-state index is 0.695. The zero-order valence-corrected chi connectivity index (χ0v) is 11.2. The molecule has 3 heteroatoms. The van der Waals surface area contributed by atoms with E-state index in [1.165, 1.54) is 31.5 Å². The van der Waals surface area contributed by atoms with Crippen molar-refractivity contribution in [1.82, 2.24) is 14.9 Å². The van der Waals surface area contributed by atoms with Gasteiger partial charge in [0, 0.05) is 24.9 Å². The Morgan fingerprint density at radius 2 is 2.24 bits per heavy atom. The molecule has 2 unspecified atom stereocenters. The summed E-state index contributed by atoms with van der Waals surface area (Å²) in [6.45, 7) is 7.87. The Morgan fingerprint density at radius 1 is 1.35 bits per heavy atom. The fraction of sp³-hybridized carbons (Fsp3) is 0.786. The molecule has 2 atom stereocenters. The molecule has 1 N–H and O–H groups in total. The van der Waals surface area contributed by atoms with E-state index < -0.39 is 0 Å². The van der Waals surface area contributed by atoms with Crippen LogP contribution >= 0.6 is 0 Å². The van der Waals surface area contributed by atoms with E-state index in [-0.39, 0.29) is 0 Å². The third kappa shape index (κ3) is 2.89. The van der Waals surface area contributed by atoms with Crippen molar-refractivity contribution >= 4 is 0 Å². The van der Waals surface area contributed by atoms with Gasteiger partial charge in [-0.3, -0.25) is 0 Å². The summed E-state index contributed by atoms with van der Waals surface area (Å²) in [6, 6.07) is 0. The molecular weight excluding hydrogens is 210 g/mol. The number of nitrogens with one attached hydrogen (secondary N) is 1. The lowest BCUT2D eigenvalue weighted by atomic mass is 9.73. The summed E-state index contributed by atoms with van der Waals surface area (Å²) in [4.78, 5) is 4.57. The lowest BCUT2D eigenvalue weighted by Crippen LogP contribution is -2.35. The largest absolute Gasteiger partial charge is 0.335 e. The highest BCUT2D eigenvalue weighted by Crippen LogP contribution is 2.41. The van der Waals surface area contributed by atoms with Gasteiger partial charge in [-0.05, 0) is 44.7 Å². The van der Waals surface area contributed by atoms with Crippen LogP contribution in [0.4, 0.5) is 0 Å². The van der Waals surface area contributed by atoms with Crippen molar-refractivity contribution in [3.05, 3.63) is 18.2 Å². The van der Waals surface area contributed by atoms with E-state index in [0.29, 0.717) is 5.92 Å². The first-order chi connectivity index (χ1) is 8.36. The van der Waals surface area contributed by atoms with E-state index >= 15 is 0 Å². The quantitative estimate of drug-likeness (QED) is 0.737. The first-order valence-corrected chi connectivity index (χ1v) is 7.08. The van der Waals surface area contributed by atoms with E-state index in [1.807, 2.05) is 6.20 Å². The van der Waals surface area contributed by atoms with Crippen LogP contribution in [-0.2, 0) is 6.54 Å². The van der Waals surface area contributed by atoms with Crippen molar-refractivity contribution in [2.45, 2.75) is 52.0 Å². The van der Waals surface area contributed by atoms with Crippen LogP contribution in [0.15, 0.2) is 12.4 Å². The molecule has 96 valence electrons. The normalized spacial score (nSPS) is 23.6. The summed E-state index contributed by atoms with van der Waals surface area (Å²) in [5.74, 6) is 2.82. The molecule has 1 fully saturated rings. The predicted octanol–water partition coefficient (Wildman–Crippen LogP) is 2.79. The van der Waals surface area contributed by atoms with Gasteiger partial charge in [0.05, 0.1) is 0 Å². The molecule has 1 heterocycles. The molecule has 17 heavy (non-hydrogen) atoms. The van der Waals surface area contributed by atoms with Crippen LogP contribution in [0.5, 0.6) is 0 Å². The molecule has 0 saturated heterocycles. The van der Waals surface area contributed by atoms with Crippen LogP contribution in [0, 0.1) is 5.92 Å². The smallest absolute Gasteiger partial charge is 0.112 e. The molecule has 0 amide bonds. The van der Waals surface area contributed by atoms with E-state index in [2.05, 4.69) is 34.9 Å². The molecule has 0 radical (unpaired) electrons. The van der Waals surface area contributed by atoms with Crippen LogP contribution in [0.2, 0.25) is 0 Å². The minimum atomic E-state index is 0.695. The zero-order chi connectivity index (χ0) is 12.1. The highest BCUT2D eigenvalue weighted by Gasteiger charge is 2.34. The number of aromatic nitrogens is 2. The van der Waals surface area contributed by atoms with Crippen LogP contribution in [0.1, 0.15) is 51.3 Å². The Balaban J connectivity index is 1.90. The Hall–Kier alpha value is -0.830. The first kappa shape index (κ1) is 12.6. The molecule has 3 nitrogen and oxygen atoms in total. The van der Waals surface area contributed by atoms with Gasteiger partial charge < -0.3 is 9.88 Å². The molecule has 0 aromatic carbocycles. The number of imidazole rings is 1. The average Bonchev–Trinajstić information content (AvgIpc) is 2.72. The molecule has 0 aliphatic heterocycles. The summed E-state index contributed by atoms with van der Waals surface area (Å²) in [5.41, 5.74) is 0. The molecule has 1 aliphatic rings. The zero-order valence-electron chi connectivity index (χ0n) is 11.2. The lowest BCUT2D eigenvalue weighted by molar-refractivity contribution is 0.231. The molecule has 0 bridgehead atoms. The average molecular weight is 235 g/mol. The monoisotopic (exact) mass is 235 g/mol. The van der Waals surface area contributed by atoms with Gasteiger partial charge in [0.15, 0.2) is 0 Å². The van der Waals surface area contributed by atoms with Crippen LogP contribution in [0.3, 0.4) is 0 Å². The number of aryl methyl sites for hydroxylation is 1. The molecule has 1 aliphatic carbocycles. The summed E-state index contributed by atoms with van der Waals surface area (Å²) in [5, 5.41) is 3.54. The highest BCUT2D eigenvalue weighted by molar-refractivity contribution is 5.08. The van der Waals surface area contributed by atoms with Crippen LogP contribution in [-0.4, -0.2) is 22.6 Å². The van der Waals surface area contributed by atoms with Crippen LogP contribution < -0.4 is 5.32 Å². The predicted molar refractivity (Wildman–Crippen MR) is 71.1 cm³/mol. The summed E-state index contributed by atoms with van der Waals surface area (Å²) >= 11 is 0. The van der Waals surface area contributed by atoms with Crippen molar-refractivity contribution in [2.75, 3.05) is 13.1 Å². The van der Waals surface area contributed by atoms with Gasteiger partial charge in [0.1, 0.15) is 5.82 Å². The molecule has 1 aromatic rings. The SMILES string of the molecule is CCCNCC1CCC1c1nccn1CCC. The van der Waals surface area contributed by atoms with Gasteiger partial charge in [-0.1, -0.05) is 13.8 Å². The first-order valence-electron chi connectivity index (χ1n) is 7.08. The maximum Gasteiger partial charge on any atom is 0.112 e. The third-order valence-corrected chi connectivity index (χ3v) is 3.79. The number of hydrogen-bond acceptors (Lipinski definition) is 2. The van der Waals surface area contributed by atoms with E-state index in [4.69, 9.17) is 0 Å². The van der Waals surface area contributed by atoms with E-state index in [9.17, 15) is 0 Å². The second-order valence-electron chi connectivity index (χ2n) is 5.13. The molecule has 0 spiro atoms. The fourth-order valence-electron chi connectivity index (χ4n) is 2.70. The maximum atomic E-state index is 4.57. The van der Waals surface area contributed by atoms with Crippen molar-refractivity contribution in [3.63, 3.8) is 0 Å². The topological polar surface area (TPSA) is 29.9 Å². The molecule has 1 aromatic heterocycles. The van der Waals surface area contributed by atoms with Gasteiger partial charge in [0.25, 0.3) is 0 Å². The summed E-state index contributed by atoms with van der Waals surface area (Å²) < 4.78 is 2.34. The lowest BCUT2D eigenvalue weighted by Gasteiger charge is -2.36. The van der Waals surface area contributed by atoms with E-state index in [1.54, 1.807) is 0 Å². The Bertz CT molecular complexity index is 332. The second kappa shape index (κ2) is 6.20. The van der Waals surface area contributed by atoms with Gasteiger partial charge >= 0.3 is 0 Å². The van der Waals surface area contributed by atoms with Crippen molar-refractivity contribution in [1.29, 1.82) is 0 Å². The summed E-state index contributed by atoms with van der Waals surface area (Å²) in [6.07, 6.45) is 9.18. The van der Waals surface area contributed by atoms with Gasteiger partial charge in [-0.15, -0.1) is 0 Å². The Kier molecular flexibility index (Phi) is 4.60. The van der Waals surface area contributed by atoms with Crippen molar-refractivity contribution in [2.24, 2.45) is 5.92 Å². The Labute approximate surface area is 105 Å². The minimum Gasteiger partial charge on any atom is -0.335 e. The number of rotatable bonds is 7. The number of hydrogen-bond donors (Lipinski definition) is 1. The highest BCUT2D eigenvalue weighted by atomic mass is 15.1. The Morgan fingerprint density at radius 3 is 2.88 bits per heavy atom. The summed E-state index contributed by atoms with van der Waals surface area (Å²) in [7, 11) is 0. The van der Waals surface area contributed by atoms with Crippen LogP contribution in [0.25, 0.3) is 0 Å². The molecule has 1 saturated carbocycles. The fourth-order valence-corrected chi connectivity index (χ4v) is 2.70. The van der Waals surface area contributed by atoms with Crippen molar-refractivity contribution < 1.29 is 0 Å². The number of nitrogens with zero attached hydrogens (tertiary/aromatic N) is 2. The van der Waals surface area contributed by atoms with Gasteiger partial charge in [-0.25, -0.2) is 4.98 Å². The second-order valence-corrected chi connectivity index (χ2v) is 5.13.